The third-order valence-corrected chi connectivity index (χ3v) is 1.68. The number of benzene rings is 1. The second kappa shape index (κ2) is 5.60. The summed E-state index contributed by atoms with van der Waals surface area (Å²) in [7, 11) is 0. The van der Waals surface area contributed by atoms with E-state index in [0.717, 1.165) is 26.1 Å². The molecule has 1 aliphatic rings. The van der Waals surface area contributed by atoms with Crippen LogP contribution in [-0.4, -0.2) is 18.3 Å². The largest absolute Gasteiger partial charge is 0.508 e. The number of ether oxygens (including phenoxy) is 1. The molecule has 0 aliphatic carbocycles. The fraction of sp³-hybridized carbons (Fsp3) is 0.455. The lowest BCUT2D eigenvalue weighted by Crippen LogP contribution is -1.79. The first-order valence-corrected chi connectivity index (χ1v) is 4.68. The lowest BCUT2D eigenvalue weighted by Gasteiger charge is -1.96. The van der Waals surface area contributed by atoms with Gasteiger partial charge in [-0.2, -0.15) is 0 Å². The number of epoxide rings is 1. The quantitative estimate of drug-likeness (QED) is 0.709. The molecule has 0 radical (unpaired) electrons. The third-order valence-electron chi connectivity index (χ3n) is 1.68. The van der Waals surface area contributed by atoms with Crippen LogP contribution in [0.1, 0.15) is 18.9 Å². The fourth-order valence-corrected chi connectivity index (χ4v) is 0.951. The van der Waals surface area contributed by atoms with Gasteiger partial charge in [-0.25, -0.2) is 0 Å². The number of phenols is 1. The highest BCUT2D eigenvalue weighted by Gasteiger charge is 1.94. The van der Waals surface area contributed by atoms with Gasteiger partial charge in [0, 0.05) is 0 Å². The maximum absolute atomic E-state index is 8.92. The Morgan fingerprint density at radius 3 is 2.15 bits per heavy atom. The van der Waals surface area contributed by atoms with Crippen LogP contribution in [0.15, 0.2) is 24.3 Å². The first kappa shape index (κ1) is 10.1. The molecule has 1 heterocycles. The summed E-state index contributed by atoms with van der Waals surface area (Å²) >= 11 is 0. The number of phenolic OH excluding ortho intramolecular Hbond substituents is 1. The van der Waals surface area contributed by atoms with E-state index in [0.29, 0.717) is 5.75 Å². The average Bonchev–Trinajstić information content (AvgIpc) is 2.96. The summed E-state index contributed by atoms with van der Waals surface area (Å²) in [5, 5.41) is 8.92. The molecule has 1 aromatic carbocycles. The van der Waals surface area contributed by atoms with E-state index in [4.69, 9.17) is 5.11 Å². The van der Waals surface area contributed by atoms with Gasteiger partial charge in [-0.1, -0.05) is 25.5 Å². The predicted octanol–water partition coefficient (Wildman–Crippen LogP) is 2.36. The Balaban J connectivity index is 0.000000236. The van der Waals surface area contributed by atoms with E-state index in [2.05, 4.69) is 11.7 Å². The van der Waals surface area contributed by atoms with Crippen molar-refractivity contribution < 1.29 is 9.84 Å². The van der Waals surface area contributed by atoms with E-state index in [1.54, 1.807) is 12.1 Å². The Hall–Kier alpha value is -1.02. The van der Waals surface area contributed by atoms with Crippen LogP contribution in [0.3, 0.4) is 0 Å². The molecule has 0 unspecified atom stereocenters. The van der Waals surface area contributed by atoms with Crippen LogP contribution in [0.4, 0.5) is 0 Å². The highest BCUT2D eigenvalue weighted by atomic mass is 16.6. The minimum absolute atomic E-state index is 0.347. The molecule has 1 aliphatic heterocycles. The molecular weight excluding hydrogens is 164 g/mol. The SMILES string of the molecule is C1CO1.CCCc1ccc(O)cc1. The maximum Gasteiger partial charge on any atom is 0.115 e. The van der Waals surface area contributed by atoms with Crippen LogP contribution < -0.4 is 0 Å². The Morgan fingerprint density at radius 2 is 1.77 bits per heavy atom. The second-order valence-corrected chi connectivity index (χ2v) is 3.03. The lowest BCUT2D eigenvalue weighted by atomic mass is 10.1. The Kier molecular flexibility index (Phi) is 4.33. The molecule has 0 aromatic heterocycles. The van der Waals surface area contributed by atoms with Crippen molar-refractivity contribution in [3.63, 3.8) is 0 Å². The molecule has 2 nitrogen and oxygen atoms in total. The van der Waals surface area contributed by atoms with Crippen LogP contribution in [0, 0.1) is 0 Å². The third kappa shape index (κ3) is 5.26. The van der Waals surface area contributed by atoms with Crippen molar-refractivity contribution in [1.29, 1.82) is 0 Å². The van der Waals surface area contributed by atoms with Crippen molar-refractivity contribution in [2.75, 3.05) is 13.2 Å². The average molecular weight is 180 g/mol. The molecule has 13 heavy (non-hydrogen) atoms. The molecular formula is C11H16O2. The first-order valence-electron chi connectivity index (χ1n) is 4.68. The summed E-state index contributed by atoms with van der Waals surface area (Å²) in [4.78, 5) is 0. The molecule has 2 rings (SSSR count). The molecule has 1 fully saturated rings. The number of aromatic hydroxyl groups is 1. The maximum atomic E-state index is 8.92. The normalized spacial score (nSPS) is 13.0. The summed E-state index contributed by atoms with van der Waals surface area (Å²) in [6.07, 6.45) is 2.26. The smallest absolute Gasteiger partial charge is 0.115 e. The van der Waals surface area contributed by atoms with Gasteiger partial charge in [0.25, 0.3) is 0 Å². The Bertz CT molecular complexity index is 224. The summed E-state index contributed by atoms with van der Waals surface area (Å²) in [6, 6.07) is 7.37. The zero-order valence-electron chi connectivity index (χ0n) is 7.99. The van der Waals surface area contributed by atoms with E-state index in [1.165, 1.54) is 5.56 Å². The van der Waals surface area contributed by atoms with Gasteiger partial charge < -0.3 is 9.84 Å². The van der Waals surface area contributed by atoms with Gasteiger partial charge in [0.1, 0.15) is 5.75 Å². The van der Waals surface area contributed by atoms with Gasteiger partial charge in [-0.15, -0.1) is 0 Å². The molecule has 1 saturated heterocycles. The predicted molar refractivity (Wildman–Crippen MR) is 52.9 cm³/mol. The molecule has 0 bridgehead atoms. The monoisotopic (exact) mass is 180 g/mol. The summed E-state index contributed by atoms with van der Waals surface area (Å²) < 4.78 is 4.50. The number of hydrogen-bond acceptors (Lipinski definition) is 2. The van der Waals surface area contributed by atoms with Crippen molar-refractivity contribution in [3.05, 3.63) is 29.8 Å². The van der Waals surface area contributed by atoms with Gasteiger partial charge >= 0.3 is 0 Å². The standard InChI is InChI=1S/C9H12O.C2H4O/c1-2-3-8-4-6-9(10)7-5-8;1-2-3-1/h4-7,10H,2-3H2,1H3;1-2H2. The highest BCUT2D eigenvalue weighted by molar-refractivity contribution is 5.25. The van der Waals surface area contributed by atoms with E-state index >= 15 is 0 Å². The number of rotatable bonds is 2. The van der Waals surface area contributed by atoms with Crippen LogP contribution in [-0.2, 0) is 11.2 Å². The molecule has 2 heteroatoms. The first-order chi connectivity index (χ1) is 6.33. The Morgan fingerprint density at radius 1 is 1.23 bits per heavy atom. The van der Waals surface area contributed by atoms with Crippen molar-refractivity contribution in [2.24, 2.45) is 0 Å². The van der Waals surface area contributed by atoms with E-state index < -0.39 is 0 Å². The van der Waals surface area contributed by atoms with Crippen molar-refractivity contribution >= 4 is 0 Å². The van der Waals surface area contributed by atoms with Crippen molar-refractivity contribution in [3.8, 4) is 5.75 Å². The molecule has 1 N–H and O–H groups in total. The molecule has 1 aromatic rings. The van der Waals surface area contributed by atoms with E-state index in [1.807, 2.05) is 12.1 Å². The lowest BCUT2D eigenvalue weighted by molar-refractivity contribution is 0.475. The van der Waals surface area contributed by atoms with Crippen molar-refractivity contribution in [2.45, 2.75) is 19.8 Å². The molecule has 72 valence electrons. The zero-order chi connectivity index (χ0) is 9.52. The minimum Gasteiger partial charge on any atom is -0.508 e. The summed E-state index contributed by atoms with van der Waals surface area (Å²) in [5.41, 5.74) is 1.29. The van der Waals surface area contributed by atoms with Gasteiger partial charge in [0.2, 0.25) is 0 Å². The zero-order valence-corrected chi connectivity index (χ0v) is 7.99. The van der Waals surface area contributed by atoms with Gasteiger partial charge in [-0.3, -0.25) is 0 Å². The van der Waals surface area contributed by atoms with Gasteiger partial charge in [-0.05, 0) is 24.1 Å². The van der Waals surface area contributed by atoms with Crippen LogP contribution in [0.2, 0.25) is 0 Å². The summed E-state index contributed by atoms with van der Waals surface area (Å²) in [6.45, 7) is 4.15. The molecule has 0 atom stereocenters. The van der Waals surface area contributed by atoms with Gasteiger partial charge in [0.15, 0.2) is 0 Å². The van der Waals surface area contributed by atoms with E-state index in [-0.39, 0.29) is 0 Å². The van der Waals surface area contributed by atoms with Crippen LogP contribution in [0.5, 0.6) is 5.75 Å². The Labute approximate surface area is 79.2 Å². The molecule has 0 amide bonds. The summed E-state index contributed by atoms with van der Waals surface area (Å²) in [5.74, 6) is 0.347. The van der Waals surface area contributed by atoms with Gasteiger partial charge in [0.05, 0.1) is 13.2 Å². The minimum atomic E-state index is 0.347. The van der Waals surface area contributed by atoms with Crippen LogP contribution in [0.25, 0.3) is 0 Å². The van der Waals surface area contributed by atoms with E-state index in [9.17, 15) is 0 Å². The number of hydrogen-bond donors (Lipinski definition) is 1. The highest BCUT2D eigenvalue weighted by Crippen LogP contribution is 2.10. The second-order valence-electron chi connectivity index (χ2n) is 3.03. The van der Waals surface area contributed by atoms with Crippen molar-refractivity contribution in [1.82, 2.24) is 0 Å². The topological polar surface area (TPSA) is 32.8 Å². The molecule has 0 saturated carbocycles. The molecule has 0 spiro atoms. The number of aryl methyl sites for hydroxylation is 1. The fourth-order valence-electron chi connectivity index (χ4n) is 0.951. The van der Waals surface area contributed by atoms with Crippen LogP contribution >= 0.6 is 0 Å².